The van der Waals surface area contributed by atoms with E-state index >= 15 is 0 Å². The van der Waals surface area contributed by atoms with Gasteiger partial charge in [0.15, 0.2) is 0 Å². The molecule has 0 unspecified atom stereocenters. The molecule has 0 saturated carbocycles. The summed E-state index contributed by atoms with van der Waals surface area (Å²) in [5.41, 5.74) is -1.18. The van der Waals surface area contributed by atoms with E-state index < -0.39 is 21.5 Å². The van der Waals surface area contributed by atoms with E-state index in [-0.39, 0.29) is 21.5 Å². The Kier molecular flexibility index (Phi) is 4.72. The van der Waals surface area contributed by atoms with Gasteiger partial charge in [0.25, 0.3) is 0 Å². The molecule has 0 heterocycles. The molecule has 0 aliphatic heterocycles. The molecular formula is C11H14BrNO5S. The van der Waals surface area contributed by atoms with Crippen molar-refractivity contribution in [3.8, 4) is 0 Å². The van der Waals surface area contributed by atoms with E-state index in [1.807, 2.05) is 0 Å². The van der Waals surface area contributed by atoms with Crippen molar-refractivity contribution in [2.24, 2.45) is 0 Å². The van der Waals surface area contributed by atoms with Crippen LogP contribution in [-0.4, -0.2) is 36.7 Å². The molecule has 0 radical (unpaired) electrons. The second-order valence-corrected chi connectivity index (χ2v) is 7.10. The monoisotopic (exact) mass is 351 g/mol. The first-order chi connectivity index (χ1) is 8.59. The van der Waals surface area contributed by atoms with Crippen LogP contribution in [0, 0.1) is 0 Å². The van der Waals surface area contributed by atoms with Crippen molar-refractivity contribution in [3.63, 3.8) is 0 Å². The van der Waals surface area contributed by atoms with Crippen LogP contribution in [0.2, 0.25) is 0 Å². The van der Waals surface area contributed by atoms with Crippen molar-refractivity contribution in [1.29, 1.82) is 0 Å². The summed E-state index contributed by atoms with van der Waals surface area (Å²) in [7, 11) is -3.94. The second kappa shape index (κ2) is 5.58. The lowest BCUT2D eigenvalue weighted by Crippen LogP contribution is -2.46. The third-order valence-electron chi connectivity index (χ3n) is 2.27. The highest BCUT2D eigenvalue weighted by Gasteiger charge is 2.27. The summed E-state index contributed by atoms with van der Waals surface area (Å²) in [6, 6.07) is 3.70. The third kappa shape index (κ3) is 4.00. The molecular weight excluding hydrogens is 338 g/mol. The Labute approximate surface area is 119 Å². The molecule has 1 aromatic carbocycles. The Bertz CT molecular complexity index is 597. The molecule has 19 heavy (non-hydrogen) atoms. The van der Waals surface area contributed by atoms with Gasteiger partial charge in [-0.15, -0.1) is 0 Å². The summed E-state index contributed by atoms with van der Waals surface area (Å²) in [6.07, 6.45) is 0. The molecule has 0 fully saturated rings. The molecule has 0 saturated heterocycles. The number of halogens is 1. The van der Waals surface area contributed by atoms with Gasteiger partial charge >= 0.3 is 5.97 Å². The molecule has 0 aliphatic rings. The average Bonchev–Trinajstić information content (AvgIpc) is 2.27. The Hall–Kier alpha value is -0.960. The number of carboxylic acid groups (broad SMARTS) is 1. The van der Waals surface area contributed by atoms with Gasteiger partial charge in [-0.1, -0.05) is 0 Å². The van der Waals surface area contributed by atoms with Gasteiger partial charge < -0.3 is 10.2 Å². The van der Waals surface area contributed by atoms with Crippen LogP contribution in [0.4, 0.5) is 0 Å². The number of nitrogens with one attached hydrogen (secondary N) is 1. The van der Waals surface area contributed by atoms with E-state index in [0.717, 1.165) is 6.07 Å². The van der Waals surface area contributed by atoms with E-state index in [4.69, 9.17) is 10.2 Å². The smallest absolute Gasteiger partial charge is 0.335 e. The molecule has 0 aliphatic carbocycles. The van der Waals surface area contributed by atoms with Crippen LogP contribution in [0.25, 0.3) is 0 Å². The van der Waals surface area contributed by atoms with Crippen LogP contribution in [0.3, 0.4) is 0 Å². The van der Waals surface area contributed by atoms with Gasteiger partial charge in [-0.3, -0.25) is 0 Å². The summed E-state index contributed by atoms with van der Waals surface area (Å²) in [6.45, 7) is 2.64. The first kappa shape index (κ1) is 16.1. The van der Waals surface area contributed by atoms with Crippen molar-refractivity contribution in [2.45, 2.75) is 24.3 Å². The number of aliphatic hydroxyl groups excluding tert-OH is 1. The first-order valence-electron chi connectivity index (χ1n) is 5.27. The molecule has 0 bridgehead atoms. The lowest BCUT2D eigenvalue weighted by molar-refractivity contribution is 0.0696. The fourth-order valence-corrected chi connectivity index (χ4v) is 3.69. The molecule has 1 aromatic rings. The van der Waals surface area contributed by atoms with Gasteiger partial charge in [-0.25, -0.2) is 17.9 Å². The van der Waals surface area contributed by atoms with Crippen molar-refractivity contribution < 1.29 is 23.4 Å². The standard InChI is InChI=1S/C11H14BrNO5S/c1-11(2,6-14)13-19(17,18)9-5-7(10(15)16)3-4-8(9)12/h3-5,13-14H,6H2,1-2H3,(H,15,16). The zero-order valence-corrected chi connectivity index (χ0v) is 12.7. The molecule has 1 rings (SSSR count). The normalized spacial score (nSPS) is 12.4. The van der Waals surface area contributed by atoms with Crippen LogP contribution in [0.15, 0.2) is 27.6 Å². The predicted molar refractivity (Wildman–Crippen MR) is 72.6 cm³/mol. The minimum atomic E-state index is -3.94. The topological polar surface area (TPSA) is 104 Å². The second-order valence-electron chi connectivity index (χ2n) is 4.60. The molecule has 0 amide bonds. The van der Waals surface area contributed by atoms with Crippen molar-refractivity contribution in [3.05, 3.63) is 28.2 Å². The lowest BCUT2D eigenvalue weighted by atomic mass is 10.1. The van der Waals surface area contributed by atoms with Crippen molar-refractivity contribution >= 4 is 31.9 Å². The van der Waals surface area contributed by atoms with Gasteiger partial charge in [-0.2, -0.15) is 0 Å². The van der Waals surface area contributed by atoms with E-state index in [2.05, 4.69) is 20.7 Å². The maximum absolute atomic E-state index is 12.2. The Morgan fingerprint density at radius 2 is 2.00 bits per heavy atom. The number of aliphatic hydroxyl groups is 1. The van der Waals surface area contributed by atoms with Gasteiger partial charge in [0.2, 0.25) is 10.0 Å². The predicted octanol–water partition coefficient (Wildman–Crippen LogP) is 1.20. The number of aromatic carboxylic acids is 1. The van der Waals surface area contributed by atoms with E-state index in [1.54, 1.807) is 0 Å². The molecule has 0 spiro atoms. The number of hydrogen-bond acceptors (Lipinski definition) is 4. The van der Waals surface area contributed by atoms with Crippen LogP contribution in [0.5, 0.6) is 0 Å². The highest BCUT2D eigenvalue weighted by Crippen LogP contribution is 2.24. The number of carboxylic acids is 1. The van der Waals surface area contributed by atoms with Crippen LogP contribution < -0.4 is 4.72 Å². The molecule has 0 aromatic heterocycles. The number of rotatable bonds is 5. The summed E-state index contributed by atoms with van der Waals surface area (Å²) in [5, 5.41) is 18.0. The molecule has 8 heteroatoms. The Morgan fingerprint density at radius 1 is 1.42 bits per heavy atom. The first-order valence-corrected chi connectivity index (χ1v) is 7.54. The van der Waals surface area contributed by atoms with Crippen LogP contribution in [-0.2, 0) is 10.0 Å². The fourth-order valence-electron chi connectivity index (χ4n) is 1.29. The van der Waals surface area contributed by atoms with Gasteiger partial charge in [0.05, 0.1) is 22.6 Å². The maximum Gasteiger partial charge on any atom is 0.335 e. The fraction of sp³-hybridized carbons (Fsp3) is 0.364. The van der Waals surface area contributed by atoms with Gasteiger partial charge in [0, 0.05) is 4.47 Å². The molecule has 0 atom stereocenters. The minimum absolute atomic E-state index is 0.134. The zero-order chi connectivity index (χ0) is 14.8. The summed E-state index contributed by atoms with van der Waals surface area (Å²) in [5.74, 6) is -1.22. The number of benzene rings is 1. The SMILES string of the molecule is CC(C)(CO)NS(=O)(=O)c1cc(C(=O)O)ccc1Br. The quantitative estimate of drug-likeness (QED) is 0.739. The number of sulfonamides is 1. The van der Waals surface area contributed by atoms with Crippen LogP contribution >= 0.6 is 15.9 Å². The van der Waals surface area contributed by atoms with E-state index in [0.29, 0.717) is 0 Å². The minimum Gasteiger partial charge on any atom is -0.478 e. The maximum atomic E-state index is 12.2. The summed E-state index contributed by atoms with van der Waals surface area (Å²) < 4.78 is 26.9. The van der Waals surface area contributed by atoms with Gasteiger partial charge in [0.1, 0.15) is 0 Å². The molecule has 3 N–H and O–H groups in total. The lowest BCUT2D eigenvalue weighted by Gasteiger charge is -2.23. The van der Waals surface area contributed by atoms with Crippen LogP contribution in [0.1, 0.15) is 24.2 Å². The van der Waals surface area contributed by atoms with E-state index in [9.17, 15) is 13.2 Å². The number of hydrogen-bond donors (Lipinski definition) is 3. The highest BCUT2D eigenvalue weighted by molar-refractivity contribution is 9.10. The summed E-state index contributed by atoms with van der Waals surface area (Å²) in [4.78, 5) is 10.7. The molecule has 6 nitrogen and oxygen atoms in total. The number of carbonyl (C=O) groups is 1. The third-order valence-corrected chi connectivity index (χ3v) is 4.97. The van der Waals surface area contributed by atoms with E-state index in [1.165, 1.54) is 26.0 Å². The Morgan fingerprint density at radius 3 is 2.47 bits per heavy atom. The summed E-state index contributed by atoms with van der Waals surface area (Å²) >= 11 is 3.07. The zero-order valence-electron chi connectivity index (χ0n) is 10.3. The average molecular weight is 352 g/mol. The molecule has 106 valence electrons. The highest BCUT2D eigenvalue weighted by atomic mass is 79.9. The largest absolute Gasteiger partial charge is 0.478 e. The van der Waals surface area contributed by atoms with Crippen molar-refractivity contribution in [2.75, 3.05) is 6.61 Å². The Balaban J connectivity index is 3.28. The van der Waals surface area contributed by atoms with Crippen molar-refractivity contribution in [1.82, 2.24) is 4.72 Å². The van der Waals surface area contributed by atoms with Gasteiger partial charge in [-0.05, 0) is 48.0 Å².